The minimum atomic E-state index is -0.235. The maximum atomic E-state index is 10.1. The molecule has 4 rings (SSSR count). The van der Waals surface area contributed by atoms with Crippen LogP contribution in [-0.4, -0.2) is 53.4 Å². The van der Waals surface area contributed by atoms with E-state index in [1.807, 2.05) is 18.3 Å². The van der Waals surface area contributed by atoms with Gasteiger partial charge < -0.3 is 19.6 Å². The molecule has 2 atom stereocenters. The molecule has 1 saturated heterocycles. The molecule has 2 aliphatic heterocycles. The number of aliphatic hydroxyl groups excluding tert-OH is 1. The number of benzene rings is 1. The number of likely N-dealkylation sites (tertiary alicyclic amines) is 1. The lowest BCUT2D eigenvalue weighted by Gasteiger charge is -2.38. The summed E-state index contributed by atoms with van der Waals surface area (Å²) in [4.78, 5) is 9.58. The third kappa shape index (κ3) is 2.38. The molecule has 0 aliphatic carbocycles. The van der Waals surface area contributed by atoms with Gasteiger partial charge in [-0.1, -0.05) is 6.07 Å². The van der Waals surface area contributed by atoms with Crippen LogP contribution in [0.3, 0.4) is 0 Å². The van der Waals surface area contributed by atoms with Crippen LogP contribution in [0.2, 0.25) is 0 Å². The summed E-state index contributed by atoms with van der Waals surface area (Å²) in [5, 5.41) is 10.1. The van der Waals surface area contributed by atoms with Crippen LogP contribution >= 0.6 is 0 Å². The fraction of sp³-hybridized carbons (Fsp3) is 0.471. The molecule has 1 aromatic heterocycles. The molecular weight excluding hydrogens is 294 g/mol. The van der Waals surface area contributed by atoms with Crippen molar-refractivity contribution in [1.82, 2.24) is 14.9 Å². The second-order valence-electron chi connectivity index (χ2n) is 6.51. The number of fused-ring (bicyclic) bond motifs is 3. The number of aromatic nitrogens is 2. The minimum absolute atomic E-state index is 0.128. The molecule has 0 radical (unpaired) electrons. The highest BCUT2D eigenvalue weighted by Gasteiger charge is 2.50. The van der Waals surface area contributed by atoms with E-state index in [-0.39, 0.29) is 17.9 Å². The molecule has 2 N–H and O–H groups in total. The number of aromatic amines is 1. The highest BCUT2D eigenvalue weighted by molar-refractivity contribution is 5.46. The van der Waals surface area contributed by atoms with Gasteiger partial charge in [0.15, 0.2) is 0 Å². The number of aliphatic hydroxyl groups is 1. The predicted molar refractivity (Wildman–Crippen MR) is 84.6 cm³/mol. The minimum Gasteiger partial charge on any atom is -0.497 e. The number of hydrogen-bond donors (Lipinski definition) is 2. The number of H-pyrrole nitrogens is 1. The maximum Gasteiger partial charge on any atom is 0.126 e. The fourth-order valence-corrected chi connectivity index (χ4v) is 3.86. The molecule has 23 heavy (non-hydrogen) atoms. The zero-order chi connectivity index (χ0) is 15.9. The van der Waals surface area contributed by atoms with Gasteiger partial charge in [-0.05, 0) is 11.6 Å². The second kappa shape index (κ2) is 5.54. The lowest BCUT2D eigenvalue weighted by atomic mass is 9.74. The summed E-state index contributed by atoms with van der Waals surface area (Å²) in [7, 11) is 1.66. The molecule has 0 amide bonds. The Kier molecular flexibility index (Phi) is 3.50. The molecule has 6 heteroatoms. The number of nitrogens with one attached hydrogen (secondary N) is 1. The van der Waals surface area contributed by atoms with Gasteiger partial charge in [0.05, 0.1) is 26.7 Å². The van der Waals surface area contributed by atoms with E-state index in [0.717, 1.165) is 36.8 Å². The smallest absolute Gasteiger partial charge is 0.126 e. The highest BCUT2D eigenvalue weighted by atomic mass is 16.5. The van der Waals surface area contributed by atoms with E-state index in [2.05, 4.69) is 20.9 Å². The molecule has 1 fully saturated rings. The van der Waals surface area contributed by atoms with Crippen molar-refractivity contribution in [3.8, 4) is 11.5 Å². The standard InChI is InChI=1S/C17H21N3O3/c1-22-13-2-3-14-15-7-20(6-12-5-18-11-19-12)8-17(15,9-21)10-23-16(14)4-13/h2-5,11,15,21H,6-10H2,1H3,(H,18,19). The summed E-state index contributed by atoms with van der Waals surface area (Å²) < 4.78 is 11.3. The van der Waals surface area contributed by atoms with Gasteiger partial charge in [-0.2, -0.15) is 0 Å². The Morgan fingerprint density at radius 2 is 2.43 bits per heavy atom. The Morgan fingerprint density at radius 3 is 3.17 bits per heavy atom. The first-order valence-electron chi connectivity index (χ1n) is 7.85. The summed E-state index contributed by atoms with van der Waals surface area (Å²) in [6.07, 6.45) is 3.55. The van der Waals surface area contributed by atoms with Crippen molar-refractivity contribution >= 4 is 0 Å². The first-order valence-corrected chi connectivity index (χ1v) is 7.85. The van der Waals surface area contributed by atoms with Crippen LogP contribution in [0.25, 0.3) is 0 Å². The van der Waals surface area contributed by atoms with Crippen LogP contribution < -0.4 is 9.47 Å². The molecule has 2 aromatic rings. The summed E-state index contributed by atoms with van der Waals surface area (Å²) in [5.41, 5.74) is 2.02. The van der Waals surface area contributed by atoms with Gasteiger partial charge in [0.25, 0.3) is 0 Å². The second-order valence-corrected chi connectivity index (χ2v) is 6.51. The molecule has 3 heterocycles. The number of imidazole rings is 1. The molecule has 0 saturated carbocycles. The normalized spacial score (nSPS) is 26.4. The first-order chi connectivity index (χ1) is 11.2. The van der Waals surface area contributed by atoms with Crippen molar-refractivity contribution in [1.29, 1.82) is 0 Å². The molecule has 1 aromatic carbocycles. The van der Waals surface area contributed by atoms with E-state index in [1.165, 1.54) is 5.56 Å². The topological polar surface area (TPSA) is 70.6 Å². The van der Waals surface area contributed by atoms with Crippen LogP contribution in [0.5, 0.6) is 11.5 Å². The van der Waals surface area contributed by atoms with E-state index < -0.39 is 0 Å². The molecule has 122 valence electrons. The van der Waals surface area contributed by atoms with Gasteiger partial charge in [-0.3, -0.25) is 4.90 Å². The summed E-state index contributed by atoms with van der Waals surface area (Å²) in [6.45, 7) is 3.20. The summed E-state index contributed by atoms with van der Waals surface area (Å²) >= 11 is 0. The Morgan fingerprint density at radius 1 is 1.52 bits per heavy atom. The van der Waals surface area contributed by atoms with Crippen molar-refractivity contribution in [2.24, 2.45) is 5.41 Å². The van der Waals surface area contributed by atoms with Gasteiger partial charge in [0.1, 0.15) is 11.5 Å². The largest absolute Gasteiger partial charge is 0.497 e. The third-order valence-corrected chi connectivity index (χ3v) is 5.09. The molecule has 0 spiro atoms. The van der Waals surface area contributed by atoms with Crippen LogP contribution in [0, 0.1) is 5.41 Å². The van der Waals surface area contributed by atoms with Gasteiger partial charge in [-0.15, -0.1) is 0 Å². The van der Waals surface area contributed by atoms with Crippen molar-refractivity contribution in [2.75, 3.05) is 33.4 Å². The average Bonchev–Trinajstić information content (AvgIpc) is 3.22. The van der Waals surface area contributed by atoms with Crippen LogP contribution in [-0.2, 0) is 6.54 Å². The van der Waals surface area contributed by atoms with Gasteiger partial charge in [0, 0.05) is 48.9 Å². The molecule has 2 unspecified atom stereocenters. The van der Waals surface area contributed by atoms with Gasteiger partial charge in [0.2, 0.25) is 0 Å². The number of nitrogens with zero attached hydrogens (tertiary/aromatic N) is 2. The van der Waals surface area contributed by atoms with E-state index in [9.17, 15) is 5.11 Å². The van der Waals surface area contributed by atoms with E-state index in [1.54, 1.807) is 13.4 Å². The van der Waals surface area contributed by atoms with E-state index in [4.69, 9.17) is 9.47 Å². The Bertz CT molecular complexity index is 688. The van der Waals surface area contributed by atoms with E-state index >= 15 is 0 Å². The molecule has 2 aliphatic rings. The van der Waals surface area contributed by atoms with Crippen molar-refractivity contribution < 1.29 is 14.6 Å². The van der Waals surface area contributed by atoms with Gasteiger partial charge >= 0.3 is 0 Å². The number of hydrogen-bond acceptors (Lipinski definition) is 5. The molecule has 6 nitrogen and oxygen atoms in total. The van der Waals surface area contributed by atoms with Crippen LogP contribution in [0.15, 0.2) is 30.7 Å². The first kappa shape index (κ1) is 14.5. The Hall–Kier alpha value is -2.05. The molecule has 0 bridgehead atoms. The van der Waals surface area contributed by atoms with E-state index in [0.29, 0.717) is 6.61 Å². The van der Waals surface area contributed by atoms with Crippen LogP contribution in [0.1, 0.15) is 17.2 Å². The zero-order valence-corrected chi connectivity index (χ0v) is 13.2. The third-order valence-electron chi connectivity index (χ3n) is 5.09. The monoisotopic (exact) mass is 315 g/mol. The highest BCUT2D eigenvalue weighted by Crippen LogP contribution is 2.50. The fourth-order valence-electron chi connectivity index (χ4n) is 3.86. The van der Waals surface area contributed by atoms with Crippen LogP contribution in [0.4, 0.5) is 0 Å². The molecular formula is C17H21N3O3. The summed E-state index contributed by atoms with van der Waals surface area (Å²) in [5.74, 6) is 1.94. The maximum absolute atomic E-state index is 10.1. The quantitative estimate of drug-likeness (QED) is 0.892. The zero-order valence-electron chi connectivity index (χ0n) is 13.2. The predicted octanol–water partition coefficient (Wildman–Crippen LogP) is 1.39. The van der Waals surface area contributed by atoms with Gasteiger partial charge in [-0.25, -0.2) is 4.98 Å². The number of methoxy groups -OCH3 is 1. The average molecular weight is 315 g/mol. The lowest BCUT2D eigenvalue weighted by Crippen LogP contribution is -2.42. The van der Waals surface area contributed by atoms with Crippen molar-refractivity contribution in [3.63, 3.8) is 0 Å². The lowest BCUT2D eigenvalue weighted by molar-refractivity contribution is 0.0455. The number of rotatable bonds is 4. The summed E-state index contributed by atoms with van der Waals surface area (Å²) in [6, 6.07) is 5.98. The van der Waals surface area contributed by atoms with Crippen molar-refractivity contribution in [2.45, 2.75) is 12.5 Å². The Labute approximate surface area is 135 Å². The Balaban J connectivity index is 1.63. The van der Waals surface area contributed by atoms with Crippen molar-refractivity contribution in [3.05, 3.63) is 42.0 Å². The number of ether oxygens (including phenoxy) is 2. The SMILES string of the molecule is COc1ccc2c(c1)OCC1(CO)CN(Cc3cnc[nH]3)CC21.